The molecule has 6 aliphatic heterocycles. The molecule has 6 heterocycles. The fourth-order valence-corrected chi connectivity index (χ4v) is 61.4. The van der Waals surface area contributed by atoms with Gasteiger partial charge in [0.2, 0.25) is 0 Å². The van der Waals surface area contributed by atoms with E-state index in [1.54, 1.807) is 0 Å². The van der Waals surface area contributed by atoms with Crippen molar-refractivity contribution in [2.75, 3.05) is 0 Å². The number of benzene rings is 1. The Labute approximate surface area is 363 Å². The normalized spacial score (nSPS) is 39.3. The zero-order valence-corrected chi connectivity index (χ0v) is 46.6. The molecule has 7 rings (SSSR count). The van der Waals surface area contributed by atoms with E-state index in [-0.39, 0.29) is 47.0 Å². The summed E-state index contributed by atoms with van der Waals surface area (Å²) in [7, 11) is -32.0. The summed E-state index contributed by atoms with van der Waals surface area (Å²) in [6, 6.07) is 11.2. The van der Waals surface area contributed by atoms with Gasteiger partial charge in [-0.1, -0.05) is 134 Å². The van der Waals surface area contributed by atoms with Crippen molar-refractivity contribution in [1.82, 2.24) is 0 Å². The van der Waals surface area contributed by atoms with Crippen LogP contribution < -0.4 is 0 Å². The third-order valence-electron chi connectivity index (χ3n) is 10.4. The molecule has 8 bridgehead atoms. The fourth-order valence-electron chi connectivity index (χ4n) is 9.08. The summed E-state index contributed by atoms with van der Waals surface area (Å²) in [6.07, 6.45) is 0.502. The lowest BCUT2D eigenvalue weighted by Crippen LogP contribution is -2.89. The number of hydrogen-bond donors (Lipinski definition) is 0. The number of halogens is 1. The van der Waals surface area contributed by atoms with Crippen LogP contribution in [-0.4, -0.2) is 70.4 Å². The average molecular weight is 970 g/mol. The van der Waals surface area contributed by atoms with Crippen LogP contribution in [0.15, 0.2) is 24.3 Å². The molecule has 1 aromatic carbocycles. The molecule has 0 spiro atoms. The maximum atomic E-state index is 7.96. The molecule has 6 saturated heterocycles. The van der Waals surface area contributed by atoms with E-state index in [9.17, 15) is 0 Å². The lowest BCUT2D eigenvalue weighted by molar-refractivity contribution is -0.0360. The van der Waals surface area contributed by atoms with Gasteiger partial charge in [-0.2, -0.15) is 0 Å². The molecule has 0 saturated carbocycles. The Bertz CT molecular complexity index is 1440. The van der Waals surface area contributed by atoms with Gasteiger partial charge in [-0.3, -0.25) is 0 Å². The molecule has 58 heavy (non-hydrogen) atoms. The van der Waals surface area contributed by atoms with Crippen LogP contribution >= 0.6 is 11.6 Å². The van der Waals surface area contributed by atoms with Crippen LogP contribution in [0, 0.1) is 41.4 Å². The summed E-state index contributed by atoms with van der Waals surface area (Å²) in [5, 5.41) is 0.665. The summed E-state index contributed by atoms with van der Waals surface area (Å²) in [5.41, 5.74) is 0.596. The molecule has 12 nitrogen and oxygen atoms in total. The first-order valence-corrected chi connectivity index (χ1v) is 37.7. The molecule has 332 valence electrons. The molecular weight excluding hydrogens is 897 g/mol. The minimum absolute atomic E-state index is 0.0932. The second-order valence-electron chi connectivity index (χ2n) is 20.5. The van der Waals surface area contributed by atoms with Crippen molar-refractivity contribution in [2.45, 2.75) is 158 Å². The van der Waals surface area contributed by atoms with Crippen LogP contribution in [0.5, 0.6) is 0 Å². The molecule has 1 aromatic rings. The molecule has 6 fully saturated rings. The van der Waals surface area contributed by atoms with Crippen molar-refractivity contribution in [1.29, 1.82) is 0 Å². The van der Waals surface area contributed by atoms with Gasteiger partial charge in [0, 0.05) is 52.9 Å². The first-order chi connectivity index (χ1) is 26.8. The summed E-state index contributed by atoms with van der Waals surface area (Å²) >= 11 is 6.92. The highest BCUT2D eigenvalue weighted by Gasteiger charge is 2.84. The third kappa shape index (κ3) is 10.6. The van der Waals surface area contributed by atoms with Crippen molar-refractivity contribution in [3.63, 3.8) is 0 Å². The van der Waals surface area contributed by atoms with Crippen molar-refractivity contribution >= 4 is 82.0 Å². The van der Waals surface area contributed by atoms with E-state index in [1.807, 2.05) is 18.2 Å². The zero-order valence-electron chi connectivity index (χ0n) is 37.9. The van der Waals surface area contributed by atoms with Crippen LogP contribution in [0.2, 0.25) is 52.9 Å². The van der Waals surface area contributed by atoms with Gasteiger partial charge in [-0.05, 0) is 59.5 Å². The van der Waals surface area contributed by atoms with E-state index >= 15 is 0 Å². The Hall–Kier alpha value is 0.765. The van der Waals surface area contributed by atoms with Gasteiger partial charge in [0.25, 0.3) is 0 Å². The number of rotatable bonds is 17. The van der Waals surface area contributed by atoms with Gasteiger partial charge in [-0.25, -0.2) is 0 Å². The third-order valence-corrected chi connectivity index (χ3v) is 50.9. The average Bonchev–Trinajstić information content (AvgIpc) is 2.95. The minimum atomic E-state index is -4.16. The number of hydrogen-bond acceptors (Lipinski definition) is 12. The van der Waals surface area contributed by atoms with Gasteiger partial charge in [0.15, 0.2) is 0 Å². The Morgan fingerprint density at radius 2 is 0.586 bits per heavy atom. The second-order valence-corrected chi connectivity index (χ2v) is 45.3. The largest absolute Gasteiger partial charge is 0.482 e. The van der Waals surface area contributed by atoms with E-state index in [0.29, 0.717) is 53.8 Å². The van der Waals surface area contributed by atoms with Crippen molar-refractivity contribution in [3.8, 4) is 0 Å². The van der Waals surface area contributed by atoms with Crippen LogP contribution in [0.1, 0.15) is 109 Å². The quantitative estimate of drug-likeness (QED) is 0.139. The summed E-state index contributed by atoms with van der Waals surface area (Å²) < 4.78 is 94.5. The molecule has 1 atom stereocenters. The fraction of sp³-hybridized carbons (Fsp3) is 0.838. The van der Waals surface area contributed by atoms with Crippen molar-refractivity contribution in [3.05, 3.63) is 34.9 Å². The van der Waals surface area contributed by atoms with Crippen molar-refractivity contribution in [2.24, 2.45) is 41.4 Å². The lowest BCUT2D eigenvalue weighted by atomic mass is 10.1. The molecule has 0 aliphatic carbocycles. The van der Waals surface area contributed by atoms with E-state index in [0.717, 1.165) is 5.56 Å². The predicted octanol–water partition coefficient (Wildman–Crippen LogP) is 10.6. The van der Waals surface area contributed by atoms with E-state index < -0.39 is 70.4 Å². The van der Waals surface area contributed by atoms with E-state index in [1.165, 1.54) is 0 Å². The maximum absolute atomic E-state index is 7.96. The molecule has 1 unspecified atom stereocenters. The molecule has 6 aliphatic rings. The second kappa shape index (κ2) is 17.6. The molecule has 0 aromatic heterocycles. The molecular formula is C37H73ClO12Si8. The van der Waals surface area contributed by atoms with Crippen molar-refractivity contribution < 1.29 is 49.4 Å². The highest BCUT2D eigenvalue weighted by Crippen LogP contribution is 2.57. The predicted molar refractivity (Wildman–Crippen MR) is 241 cm³/mol. The van der Waals surface area contributed by atoms with E-state index in [4.69, 9.17) is 61.0 Å². The SMILES string of the molecule is CC(C)C[Si]12O[Si]3(CC(C)C)O[Si]4(CC(C)C)O[Si](CC(C)C)(O1)O[Si]1(CC(C)C)O[Si](CC(C)C)(O2)O[Si](CC(C)C)(O3)O[Si](C(C)Cc2ccccc2Cl)(O4)O1. The Kier molecular flexibility index (Phi) is 14.7. The molecule has 0 amide bonds. The van der Waals surface area contributed by atoms with Crippen LogP contribution in [-0.2, 0) is 55.8 Å². The Balaban J connectivity index is 1.77. The molecule has 0 N–H and O–H groups in total. The van der Waals surface area contributed by atoms with Gasteiger partial charge in [0.1, 0.15) is 0 Å². The maximum Gasteiger partial charge on any atom is 0.482 e. The van der Waals surface area contributed by atoms with Gasteiger partial charge < -0.3 is 49.4 Å². The standard InChI is InChI=1S/C37H73ClO12Si8/c1-28(2)21-51-39-52(22-29(3)4)42-55(25-32(9)10)44-53(40-51,23-30(5)6)46-57(27-34(13)14)47-54(41-51,24-31(7)8)45-56(43-52,26-33(11)12)49-58(48-55,50-57)35(15)20-36-18-16-17-19-37(36)38/h16-19,28-35H,20-27H2,1-15H3. The van der Waals surface area contributed by atoms with Gasteiger partial charge in [0.05, 0.1) is 0 Å². The van der Waals surface area contributed by atoms with E-state index in [2.05, 4.69) is 110 Å². The monoisotopic (exact) mass is 968 g/mol. The van der Waals surface area contributed by atoms with Crippen LogP contribution in [0.3, 0.4) is 0 Å². The molecule has 0 radical (unpaired) electrons. The molecule has 21 heteroatoms. The smallest absolute Gasteiger partial charge is 0.373 e. The highest BCUT2D eigenvalue weighted by atomic mass is 35.5. The first kappa shape index (κ1) is 48.2. The van der Waals surface area contributed by atoms with Gasteiger partial charge >= 0.3 is 70.4 Å². The first-order valence-electron chi connectivity index (χ1n) is 22.0. The Morgan fingerprint density at radius 3 is 0.810 bits per heavy atom. The summed E-state index contributed by atoms with van der Waals surface area (Å²) in [4.78, 5) is 0. The zero-order chi connectivity index (χ0) is 42.7. The lowest BCUT2D eigenvalue weighted by Gasteiger charge is -2.64. The Morgan fingerprint density at radius 1 is 0.362 bits per heavy atom. The van der Waals surface area contributed by atoms with Gasteiger partial charge in [-0.15, -0.1) is 0 Å². The summed E-state index contributed by atoms with van der Waals surface area (Å²) in [6.45, 7) is 32.5. The van der Waals surface area contributed by atoms with Crippen LogP contribution in [0.4, 0.5) is 0 Å². The summed E-state index contributed by atoms with van der Waals surface area (Å²) in [5.74, 6) is 0.732. The topological polar surface area (TPSA) is 111 Å². The highest BCUT2D eigenvalue weighted by molar-refractivity contribution is 7.03. The van der Waals surface area contributed by atoms with Crippen LogP contribution in [0.25, 0.3) is 0 Å². The minimum Gasteiger partial charge on any atom is -0.373 e.